The zero-order valence-corrected chi connectivity index (χ0v) is 17.4. The van der Waals surface area contributed by atoms with E-state index in [2.05, 4.69) is 11.8 Å². The van der Waals surface area contributed by atoms with E-state index in [0.717, 1.165) is 65.8 Å². The predicted molar refractivity (Wildman–Crippen MR) is 116 cm³/mol. The minimum Gasteiger partial charge on any atom is -0.493 e. The molecule has 2 aromatic rings. The van der Waals surface area contributed by atoms with Crippen LogP contribution in [-0.4, -0.2) is 44.0 Å². The molecule has 0 N–H and O–H groups in total. The van der Waals surface area contributed by atoms with Gasteiger partial charge < -0.3 is 19.2 Å². The fourth-order valence-electron chi connectivity index (χ4n) is 4.51. The molecule has 29 heavy (non-hydrogen) atoms. The van der Waals surface area contributed by atoms with E-state index in [0.29, 0.717) is 13.2 Å². The number of carbonyl (C=O) groups excluding carboxylic acids is 1. The van der Waals surface area contributed by atoms with Crippen LogP contribution >= 0.6 is 0 Å². The molecule has 4 nitrogen and oxygen atoms in total. The van der Waals surface area contributed by atoms with Crippen LogP contribution in [-0.2, 0) is 4.79 Å². The van der Waals surface area contributed by atoms with E-state index in [-0.39, 0.29) is 5.92 Å². The zero-order valence-electron chi connectivity index (χ0n) is 17.4. The largest absolute Gasteiger partial charge is 0.493 e. The number of ether oxygens (including phenoxy) is 2. The number of aldehydes is 1. The lowest BCUT2D eigenvalue weighted by atomic mass is 9.99. The van der Waals surface area contributed by atoms with Crippen LogP contribution in [0.3, 0.4) is 0 Å². The van der Waals surface area contributed by atoms with Gasteiger partial charge in [0.1, 0.15) is 17.8 Å². The van der Waals surface area contributed by atoms with Gasteiger partial charge in [-0.1, -0.05) is 37.6 Å². The van der Waals surface area contributed by atoms with Gasteiger partial charge in [-0.25, -0.2) is 0 Å². The Morgan fingerprint density at radius 2 is 1.52 bits per heavy atom. The van der Waals surface area contributed by atoms with Crippen molar-refractivity contribution in [2.75, 3.05) is 32.8 Å². The van der Waals surface area contributed by atoms with E-state index in [1.807, 2.05) is 36.4 Å². The number of carbonyl (C=O) groups is 1. The summed E-state index contributed by atoms with van der Waals surface area (Å²) in [7, 11) is 0. The van der Waals surface area contributed by atoms with Crippen LogP contribution < -0.4 is 9.47 Å². The second-order valence-corrected chi connectivity index (χ2v) is 8.01. The Labute approximate surface area is 173 Å². The highest BCUT2D eigenvalue weighted by Gasteiger charge is 2.33. The molecule has 1 saturated heterocycles. The first kappa shape index (κ1) is 20.0. The van der Waals surface area contributed by atoms with Crippen LogP contribution in [0.1, 0.15) is 56.1 Å². The van der Waals surface area contributed by atoms with Crippen molar-refractivity contribution in [3.8, 4) is 22.6 Å². The summed E-state index contributed by atoms with van der Waals surface area (Å²) in [5.74, 6) is 1.47. The number of unbranched alkanes of at least 4 members (excludes halogenated alkanes) is 1. The molecule has 4 rings (SSSR count). The van der Waals surface area contributed by atoms with E-state index in [1.165, 1.54) is 25.9 Å². The van der Waals surface area contributed by atoms with Gasteiger partial charge in [-0.15, -0.1) is 0 Å². The van der Waals surface area contributed by atoms with Gasteiger partial charge in [0, 0.05) is 17.7 Å². The van der Waals surface area contributed by atoms with Crippen LogP contribution in [0.5, 0.6) is 11.5 Å². The monoisotopic (exact) mass is 393 g/mol. The van der Waals surface area contributed by atoms with E-state index < -0.39 is 0 Å². The number of rotatable bonds is 10. The molecule has 0 aromatic heterocycles. The third-order valence-corrected chi connectivity index (χ3v) is 6.00. The number of likely N-dealkylation sites (tertiary alicyclic amines) is 1. The second-order valence-electron chi connectivity index (χ2n) is 8.01. The van der Waals surface area contributed by atoms with Gasteiger partial charge in [-0.3, -0.25) is 0 Å². The highest BCUT2D eigenvalue weighted by molar-refractivity contribution is 5.93. The molecular weight excluding hydrogens is 362 g/mol. The highest BCUT2D eigenvalue weighted by Crippen LogP contribution is 2.52. The molecule has 0 spiro atoms. The molecule has 0 saturated carbocycles. The molecule has 1 aliphatic heterocycles. The maximum absolute atomic E-state index is 11.9. The molecule has 1 aliphatic carbocycles. The van der Waals surface area contributed by atoms with Gasteiger partial charge in [0.05, 0.1) is 19.1 Å². The van der Waals surface area contributed by atoms with Crippen LogP contribution in [0.4, 0.5) is 0 Å². The van der Waals surface area contributed by atoms with Gasteiger partial charge in [0.15, 0.2) is 0 Å². The number of hydrogen-bond donors (Lipinski definition) is 0. The quantitative estimate of drug-likeness (QED) is 0.419. The third kappa shape index (κ3) is 4.18. The number of hydrogen-bond acceptors (Lipinski definition) is 4. The van der Waals surface area contributed by atoms with Crippen molar-refractivity contribution in [3.63, 3.8) is 0 Å². The summed E-state index contributed by atoms with van der Waals surface area (Å²) < 4.78 is 12.3. The molecule has 1 unspecified atom stereocenters. The Bertz CT molecular complexity index is 842. The molecule has 4 heteroatoms. The summed E-state index contributed by atoms with van der Waals surface area (Å²) in [6.07, 6.45) is 6.80. The van der Waals surface area contributed by atoms with E-state index >= 15 is 0 Å². The minimum atomic E-state index is -0.247. The minimum absolute atomic E-state index is 0.247. The Hall–Kier alpha value is -2.33. The highest BCUT2D eigenvalue weighted by atomic mass is 16.5. The fourth-order valence-corrected chi connectivity index (χ4v) is 4.51. The molecule has 1 fully saturated rings. The summed E-state index contributed by atoms with van der Waals surface area (Å²) in [5, 5.41) is 0. The molecule has 1 heterocycles. The summed E-state index contributed by atoms with van der Waals surface area (Å²) in [5.41, 5.74) is 4.12. The Kier molecular flexibility index (Phi) is 6.50. The van der Waals surface area contributed by atoms with E-state index in [9.17, 15) is 4.79 Å². The van der Waals surface area contributed by atoms with Crippen LogP contribution in [0.2, 0.25) is 0 Å². The topological polar surface area (TPSA) is 38.8 Å². The van der Waals surface area contributed by atoms with E-state index in [4.69, 9.17) is 9.47 Å². The van der Waals surface area contributed by atoms with Crippen LogP contribution in [0.25, 0.3) is 11.1 Å². The Balaban J connectivity index is 1.57. The van der Waals surface area contributed by atoms with Crippen LogP contribution in [0.15, 0.2) is 36.4 Å². The van der Waals surface area contributed by atoms with Gasteiger partial charge >= 0.3 is 0 Å². The van der Waals surface area contributed by atoms with Crippen LogP contribution in [0, 0.1) is 0 Å². The van der Waals surface area contributed by atoms with Crippen molar-refractivity contribution in [1.82, 2.24) is 4.90 Å². The first-order valence-corrected chi connectivity index (χ1v) is 11.0. The lowest BCUT2D eigenvalue weighted by Gasteiger charge is -2.17. The summed E-state index contributed by atoms with van der Waals surface area (Å²) >= 11 is 0. The van der Waals surface area contributed by atoms with Crippen molar-refractivity contribution >= 4 is 6.29 Å². The SMILES string of the molecule is CCCCOc1cccc2c1-c1c(OCCCN3CCCC3)cccc1C2C=O. The van der Waals surface area contributed by atoms with Crippen molar-refractivity contribution < 1.29 is 14.3 Å². The lowest BCUT2D eigenvalue weighted by Crippen LogP contribution is -2.21. The average molecular weight is 394 g/mol. The summed E-state index contributed by atoms with van der Waals surface area (Å²) in [4.78, 5) is 14.4. The molecule has 2 aromatic carbocycles. The standard InChI is InChI=1S/C25H31NO3/c1-2-3-16-28-22-11-6-9-19-21(18-27)20-10-7-12-23(25(20)24(19)22)29-17-8-15-26-13-4-5-14-26/h6-7,9-12,18,21H,2-5,8,13-17H2,1H3. The van der Waals surface area contributed by atoms with Crippen molar-refractivity contribution in [1.29, 1.82) is 0 Å². The van der Waals surface area contributed by atoms with Gasteiger partial charge in [-0.05, 0) is 62.0 Å². The third-order valence-electron chi connectivity index (χ3n) is 6.00. The molecule has 0 radical (unpaired) electrons. The molecular formula is C25H31NO3. The molecule has 0 bridgehead atoms. The van der Waals surface area contributed by atoms with Crippen molar-refractivity contribution in [2.24, 2.45) is 0 Å². The molecule has 1 atom stereocenters. The number of fused-ring (bicyclic) bond motifs is 3. The summed E-state index contributed by atoms with van der Waals surface area (Å²) in [6, 6.07) is 12.1. The maximum Gasteiger partial charge on any atom is 0.131 e. The maximum atomic E-state index is 11.9. The van der Waals surface area contributed by atoms with Crippen molar-refractivity contribution in [3.05, 3.63) is 47.5 Å². The van der Waals surface area contributed by atoms with Crippen molar-refractivity contribution in [2.45, 2.75) is 44.9 Å². The van der Waals surface area contributed by atoms with Gasteiger partial charge in [0.2, 0.25) is 0 Å². The average Bonchev–Trinajstić information content (AvgIpc) is 3.37. The first-order valence-electron chi connectivity index (χ1n) is 11.0. The fraction of sp³-hybridized carbons (Fsp3) is 0.480. The normalized spacial score (nSPS) is 17.8. The van der Waals surface area contributed by atoms with Gasteiger partial charge in [0.25, 0.3) is 0 Å². The predicted octanol–water partition coefficient (Wildman–Crippen LogP) is 5.04. The summed E-state index contributed by atoms with van der Waals surface area (Å²) in [6.45, 7) is 7.06. The molecule has 0 amide bonds. The lowest BCUT2D eigenvalue weighted by molar-refractivity contribution is -0.108. The number of nitrogens with zero attached hydrogens (tertiary/aromatic N) is 1. The van der Waals surface area contributed by atoms with E-state index in [1.54, 1.807) is 0 Å². The number of benzene rings is 2. The second kappa shape index (κ2) is 9.45. The zero-order chi connectivity index (χ0) is 20.1. The smallest absolute Gasteiger partial charge is 0.131 e. The van der Waals surface area contributed by atoms with Gasteiger partial charge in [-0.2, -0.15) is 0 Å². The Morgan fingerprint density at radius 3 is 2.07 bits per heavy atom. The molecule has 2 aliphatic rings. The Morgan fingerprint density at radius 1 is 0.931 bits per heavy atom. The molecule has 154 valence electrons. The first-order chi connectivity index (χ1) is 14.3.